The first kappa shape index (κ1) is 14.4. The number of aliphatic hydroxyl groups excluding tert-OH is 1. The van der Waals surface area contributed by atoms with Crippen molar-refractivity contribution in [1.82, 2.24) is 9.88 Å². The van der Waals surface area contributed by atoms with E-state index in [0.717, 1.165) is 5.69 Å². The number of hydrogen-bond acceptors (Lipinski definition) is 4. The molecule has 100 valence electrons. The lowest BCUT2D eigenvalue weighted by atomic mass is 9.98. The molecule has 5 nitrogen and oxygen atoms in total. The Bertz CT molecular complexity index is 428. The molecular weight excluding hydrogens is 230 g/mol. The zero-order valence-corrected chi connectivity index (χ0v) is 11.6. The minimum atomic E-state index is -0.515. The lowest BCUT2D eigenvalue weighted by Crippen LogP contribution is -2.41. The summed E-state index contributed by atoms with van der Waals surface area (Å²) in [5.41, 5.74) is 0.673. The Morgan fingerprint density at radius 3 is 2.61 bits per heavy atom. The molecule has 0 bridgehead atoms. The van der Waals surface area contributed by atoms with Crippen molar-refractivity contribution in [2.75, 3.05) is 19.4 Å². The summed E-state index contributed by atoms with van der Waals surface area (Å²) in [6.45, 7) is 5.51. The molecule has 1 amide bonds. The number of nitrogens with zero attached hydrogens (tertiary/aromatic N) is 2. The van der Waals surface area contributed by atoms with Crippen LogP contribution in [0.3, 0.4) is 0 Å². The fraction of sp³-hybridized carbons (Fsp3) is 0.538. The summed E-state index contributed by atoms with van der Waals surface area (Å²) in [5, 5.41) is 12.8. The van der Waals surface area contributed by atoms with Gasteiger partial charge in [-0.3, -0.25) is 9.78 Å². The molecule has 1 unspecified atom stereocenters. The quantitative estimate of drug-likeness (QED) is 0.848. The van der Waals surface area contributed by atoms with Gasteiger partial charge in [-0.2, -0.15) is 0 Å². The molecule has 0 saturated heterocycles. The monoisotopic (exact) mass is 251 g/mol. The number of rotatable bonds is 4. The Hall–Kier alpha value is -1.62. The molecule has 0 aliphatic carbocycles. The fourth-order valence-electron chi connectivity index (χ4n) is 1.33. The number of aliphatic hydroxyl groups is 1. The number of nitrogens with one attached hydrogen (secondary N) is 1. The second kappa shape index (κ2) is 5.35. The van der Waals surface area contributed by atoms with Crippen molar-refractivity contribution in [3.05, 3.63) is 24.0 Å². The molecule has 0 radical (unpaired) electrons. The zero-order valence-electron chi connectivity index (χ0n) is 11.6. The van der Waals surface area contributed by atoms with Crippen LogP contribution in [0.25, 0.3) is 0 Å². The van der Waals surface area contributed by atoms with Gasteiger partial charge in [0.2, 0.25) is 0 Å². The van der Waals surface area contributed by atoms with Crippen LogP contribution in [0.4, 0.5) is 5.69 Å². The van der Waals surface area contributed by atoms with E-state index in [0.29, 0.717) is 5.69 Å². The van der Waals surface area contributed by atoms with Crippen molar-refractivity contribution in [1.29, 1.82) is 0 Å². The second-order valence-corrected chi connectivity index (χ2v) is 5.15. The van der Waals surface area contributed by atoms with E-state index >= 15 is 0 Å². The van der Waals surface area contributed by atoms with Gasteiger partial charge >= 0.3 is 0 Å². The summed E-state index contributed by atoms with van der Waals surface area (Å²) in [7, 11) is 3.37. The summed E-state index contributed by atoms with van der Waals surface area (Å²) in [6, 6.07) is 3.46. The number of anilines is 1. The molecule has 0 aromatic carbocycles. The topological polar surface area (TPSA) is 65.5 Å². The third-order valence-electron chi connectivity index (χ3n) is 2.90. The first-order valence-corrected chi connectivity index (χ1v) is 5.88. The van der Waals surface area contributed by atoms with Crippen molar-refractivity contribution < 1.29 is 9.90 Å². The standard InChI is InChI=1S/C13H21N3O2/c1-9(17)13(2,3)15-10-6-7-14-11(8-10)12(18)16(4)5/h6-9,17H,1-5H3,(H,14,15). The van der Waals surface area contributed by atoms with Crippen molar-refractivity contribution in [3.8, 4) is 0 Å². The first-order chi connectivity index (χ1) is 8.24. The molecule has 0 fully saturated rings. The first-order valence-electron chi connectivity index (χ1n) is 5.88. The number of pyridine rings is 1. The van der Waals surface area contributed by atoms with Gasteiger partial charge in [-0.25, -0.2) is 0 Å². The lowest BCUT2D eigenvalue weighted by Gasteiger charge is -2.30. The molecule has 0 aliphatic heterocycles. The van der Waals surface area contributed by atoms with Crippen LogP contribution in [0.15, 0.2) is 18.3 Å². The smallest absolute Gasteiger partial charge is 0.272 e. The predicted molar refractivity (Wildman–Crippen MR) is 71.6 cm³/mol. The molecule has 2 N–H and O–H groups in total. The Labute approximate surface area is 108 Å². The molecular formula is C13H21N3O2. The van der Waals surface area contributed by atoms with Crippen LogP contribution in [-0.2, 0) is 0 Å². The molecule has 0 aliphatic rings. The van der Waals surface area contributed by atoms with Crippen LogP contribution in [0.2, 0.25) is 0 Å². The number of amides is 1. The number of carbonyl (C=O) groups is 1. The third-order valence-corrected chi connectivity index (χ3v) is 2.90. The normalized spacial score (nSPS) is 13.0. The van der Waals surface area contributed by atoms with Gasteiger partial charge in [0.25, 0.3) is 5.91 Å². The highest BCUT2D eigenvalue weighted by atomic mass is 16.3. The maximum absolute atomic E-state index is 11.8. The van der Waals surface area contributed by atoms with E-state index in [4.69, 9.17) is 0 Å². The molecule has 1 heterocycles. The van der Waals surface area contributed by atoms with Crippen LogP contribution in [0.1, 0.15) is 31.3 Å². The van der Waals surface area contributed by atoms with Gasteiger partial charge in [-0.05, 0) is 32.9 Å². The number of aromatic nitrogens is 1. The lowest BCUT2D eigenvalue weighted by molar-refractivity contribution is 0.0822. The fourth-order valence-corrected chi connectivity index (χ4v) is 1.33. The van der Waals surface area contributed by atoms with Gasteiger partial charge in [0.1, 0.15) is 5.69 Å². The summed E-state index contributed by atoms with van der Waals surface area (Å²) >= 11 is 0. The highest BCUT2D eigenvalue weighted by Crippen LogP contribution is 2.18. The van der Waals surface area contributed by atoms with Crippen molar-refractivity contribution in [2.24, 2.45) is 0 Å². The maximum Gasteiger partial charge on any atom is 0.272 e. The highest BCUT2D eigenvalue weighted by molar-refractivity contribution is 5.92. The average Bonchev–Trinajstić information content (AvgIpc) is 2.27. The van der Waals surface area contributed by atoms with Crippen molar-refractivity contribution in [2.45, 2.75) is 32.4 Å². The maximum atomic E-state index is 11.8. The Kier molecular flexibility index (Phi) is 4.29. The van der Waals surface area contributed by atoms with E-state index in [9.17, 15) is 9.90 Å². The van der Waals surface area contributed by atoms with E-state index in [-0.39, 0.29) is 5.91 Å². The van der Waals surface area contributed by atoms with Gasteiger partial charge in [-0.1, -0.05) is 0 Å². The number of hydrogen-bond donors (Lipinski definition) is 2. The molecule has 1 atom stereocenters. The van der Waals surface area contributed by atoms with Crippen molar-refractivity contribution >= 4 is 11.6 Å². The minimum Gasteiger partial charge on any atom is -0.391 e. The highest BCUT2D eigenvalue weighted by Gasteiger charge is 2.24. The van der Waals surface area contributed by atoms with Gasteiger partial charge in [0, 0.05) is 26.0 Å². The van der Waals surface area contributed by atoms with Gasteiger partial charge in [-0.15, -0.1) is 0 Å². The molecule has 1 aromatic rings. The van der Waals surface area contributed by atoms with Crippen LogP contribution < -0.4 is 5.32 Å². The van der Waals surface area contributed by atoms with E-state index in [2.05, 4.69) is 10.3 Å². The second-order valence-electron chi connectivity index (χ2n) is 5.15. The van der Waals surface area contributed by atoms with E-state index < -0.39 is 11.6 Å². The van der Waals surface area contributed by atoms with Crippen molar-refractivity contribution in [3.63, 3.8) is 0 Å². The minimum absolute atomic E-state index is 0.145. The van der Waals surface area contributed by atoms with Crippen LogP contribution in [0.5, 0.6) is 0 Å². The van der Waals surface area contributed by atoms with E-state index in [1.807, 2.05) is 13.8 Å². The largest absolute Gasteiger partial charge is 0.391 e. The molecule has 1 rings (SSSR count). The molecule has 0 saturated carbocycles. The summed E-state index contributed by atoms with van der Waals surface area (Å²) < 4.78 is 0. The molecule has 18 heavy (non-hydrogen) atoms. The molecule has 5 heteroatoms. The summed E-state index contributed by atoms with van der Waals surface area (Å²) in [4.78, 5) is 17.3. The van der Waals surface area contributed by atoms with E-state index in [1.54, 1.807) is 39.3 Å². The molecule has 1 aromatic heterocycles. The Morgan fingerprint density at radius 2 is 2.11 bits per heavy atom. The summed E-state index contributed by atoms with van der Waals surface area (Å²) in [5.74, 6) is -0.145. The molecule has 0 spiro atoms. The predicted octanol–water partition coefficient (Wildman–Crippen LogP) is 1.35. The van der Waals surface area contributed by atoms with E-state index in [1.165, 1.54) is 4.90 Å². The van der Waals surface area contributed by atoms with Gasteiger partial charge in [0.15, 0.2) is 0 Å². The Morgan fingerprint density at radius 1 is 1.50 bits per heavy atom. The van der Waals surface area contributed by atoms with Gasteiger partial charge in [0.05, 0.1) is 11.6 Å². The zero-order chi connectivity index (χ0) is 13.9. The SMILES string of the molecule is CC(O)C(C)(C)Nc1ccnc(C(=O)N(C)C)c1. The van der Waals surface area contributed by atoms with Crippen LogP contribution >= 0.6 is 0 Å². The Balaban J connectivity index is 2.93. The average molecular weight is 251 g/mol. The number of carbonyl (C=O) groups excluding carboxylic acids is 1. The third kappa shape index (κ3) is 3.43. The summed E-state index contributed by atoms with van der Waals surface area (Å²) in [6.07, 6.45) is 1.07. The van der Waals surface area contributed by atoms with Gasteiger partial charge < -0.3 is 15.3 Å². The van der Waals surface area contributed by atoms with Crippen LogP contribution in [0, 0.1) is 0 Å². The van der Waals surface area contributed by atoms with Crippen LogP contribution in [-0.4, -0.2) is 46.6 Å².